The molecule has 1 N–H and O–H groups in total. The van der Waals surface area contributed by atoms with E-state index in [-0.39, 0.29) is 11.7 Å². The zero-order valence-electron chi connectivity index (χ0n) is 47.6. The Hall–Kier alpha value is -6.80. The van der Waals surface area contributed by atoms with Gasteiger partial charge in [-0.25, -0.2) is 4.21 Å². The number of carbonyl (C=O) groups excluding carboxylic acids is 1. The summed E-state index contributed by atoms with van der Waals surface area (Å²) in [6, 6.07) is 24.5. The number of methoxy groups -OCH3 is 1. The number of allylic oxidation sites excluding steroid dienone is 20. The summed E-state index contributed by atoms with van der Waals surface area (Å²) in [5.41, 5.74) is 12.4. The molecule has 2 atom stereocenters. The highest BCUT2D eigenvalue weighted by Crippen LogP contribution is 2.42. The number of aliphatic hydroxyl groups is 1. The third-order valence-electron chi connectivity index (χ3n) is 12.9. The lowest BCUT2D eigenvalue weighted by Gasteiger charge is -2.34. The highest BCUT2D eigenvalue weighted by molar-refractivity contribution is 7.89. The van der Waals surface area contributed by atoms with Crippen LogP contribution in [0.15, 0.2) is 245 Å². The van der Waals surface area contributed by atoms with Crippen LogP contribution >= 0.6 is 0 Å². The van der Waals surface area contributed by atoms with Crippen LogP contribution in [0.2, 0.25) is 0 Å². The highest BCUT2D eigenvalue weighted by Gasteiger charge is 2.30. The van der Waals surface area contributed by atoms with Crippen molar-refractivity contribution in [3.63, 3.8) is 0 Å². The zero-order chi connectivity index (χ0) is 55.8. The molecule has 6 nitrogen and oxygen atoms in total. The van der Waals surface area contributed by atoms with Crippen molar-refractivity contribution in [1.29, 1.82) is 0 Å². The number of hydrogen-bond acceptors (Lipinski definition) is 6. The first-order chi connectivity index (χ1) is 37.1. The van der Waals surface area contributed by atoms with Crippen LogP contribution in [-0.2, 0) is 15.5 Å². The number of ether oxygens (including phenoxy) is 1. The summed E-state index contributed by atoms with van der Waals surface area (Å²) in [7, 11) is 0.328. The molecule has 0 amide bonds. The number of Topliss-reactive ketones (excluding diaryl/α,β-unsaturated/α-hetero) is 1. The molecular formula is C69H88N2O4S. The fourth-order valence-electron chi connectivity index (χ4n) is 9.17. The van der Waals surface area contributed by atoms with Crippen molar-refractivity contribution in [2.75, 3.05) is 30.1 Å². The summed E-state index contributed by atoms with van der Waals surface area (Å²) in [5.74, 6) is 0.444. The van der Waals surface area contributed by atoms with Gasteiger partial charge in [0, 0.05) is 53.7 Å². The van der Waals surface area contributed by atoms with E-state index in [4.69, 9.17) is 9.84 Å². The summed E-state index contributed by atoms with van der Waals surface area (Å²) >= 11 is 0. The van der Waals surface area contributed by atoms with Gasteiger partial charge < -0.3 is 19.6 Å². The number of aliphatic hydroxyl groups excluding tert-OH is 1. The quantitative estimate of drug-likeness (QED) is 0.0355. The van der Waals surface area contributed by atoms with Crippen LogP contribution in [0.3, 0.4) is 0 Å². The van der Waals surface area contributed by atoms with Gasteiger partial charge in [-0.2, -0.15) is 0 Å². The Labute approximate surface area is 461 Å². The SMILES string of the molecule is C=CC=CC(C/C=C\CN(C1=C(C)C=CC=CC1)c1ccccc1C)c1ccccc1C(=O)/C(CCC=C)=C(/C=C(\CC)C1=CC=C(N2C(/C=C\C)=C(C=C)S(=O)c3ccccc32)CCC1)OC.CC.CC.CCCO. The number of carbonyl (C=O) groups is 1. The Kier molecular flexibility index (Phi) is 29.6. The molecular weight excluding hydrogens is 953 g/mol. The molecule has 0 aromatic heterocycles. The van der Waals surface area contributed by atoms with E-state index in [1.807, 2.05) is 108 Å². The van der Waals surface area contributed by atoms with E-state index in [9.17, 15) is 4.21 Å². The minimum atomic E-state index is -1.33. The second-order valence-electron chi connectivity index (χ2n) is 17.7. The molecule has 3 aromatic carbocycles. The summed E-state index contributed by atoms with van der Waals surface area (Å²) < 4.78 is 19.9. The van der Waals surface area contributed by atoms with Gasteiger partial charge in [-0.3, -0.25) is 4.79 Å². The van der Waals surface area contributed by atoms with Crippen LogP contribution in [0.25, 0.3) is 0 Å². The van der Waals surface area contributed by atoms with Crippen molar-refractivity contribution in [1.82, 2.24) is 0 Å². The third-order valence-corrected chi connectivity index (χ3v) is 14.4. The van der Waals surface area contributed by atoms with Gasteiger partial charge in [0.15, 0.2) is 5.78 Å². The van der Waals surface area contributed by atoms with Gasteiger partial charge in [0.05, 0.1) is 39.1 Å². The maximum Gasteiger partial charge on any atom is 0.193 e. The molecule has 0 fully saturated rings. The van der Waals surface area contributed by atoms with Crippen LogP contribution < -0.4 is 9.80 Å². The number of benzene rings is 3. The Bertz CT molecular complexity index is 2780. The van der Waals surface area contributed by atoms with Gasteiger partial charge in [-0.1, -0.05) is 188 Å². The van der Waals surface area contributed by atoms with Crippen molar-refractivity contribution >= 4 is 28.0 Å². The fourth-order valence-corrected chi connectivity index (χ4v) is 10.5. The maximum absolute atomic E-state index is 15.1. The minimum absolute atomic E-state index is 0.0471. The summed E-state index contributed by atoms with van der Waals surface area (Å²) in [5, 5.41) is 7.88. The van der Waals surface area contributed by atoms with Crippen LogP contribution in [-0.4, -0.2) is 35.4 Å². The van der Waals surface area contributed by atoms with Crippen molar-refractivity contribution < 1.29 is 18.8 Å². The van der Waals surface area contributed by atoms with Crippen molar-refractivity contribution in [3.05, 3.63) is 256 Å². The second-order valence-corrected chi connectivity index (χ2v) is 19.1. The number of hydrogen-bond donors (Lipinski definition) is 1. The first-order valence-corrected chi connectivity index (χ1v) is 28.6. The Morgan fingerprint density at radius 2 is 1.63 bits per heavy atom. The van der Waals surface area contributed by atoms with Gasteiger partial charge in [0.1, 0.15) is 5.76 Å². The number of anilines is 2. The molecule has 404 valence electrons. The monoisotopic (exact) mass is 1040 g/mol. The molecule has 2 unspecified atom stereocenters. The summed E-state index contributed by atoms with van der Waals surface area (Å²) in [6.07, 6.45) is 40.0. The highest BCUT2D eigenvalue weighted by atomic mass is 32.2. The molecule has 0 saturated carbocycles. The fraction of sp³-hybridized carbons (Fsp3) is 0.319. The van der Waals surface area contributed by atoms with E-state index < -0.39 is 10.8 Å². The van der Waals surface area contributed by atoms with E-state index >= 15 is 4.79 Å². The molecule has 0 saturated heterocycles. The molecule has 1 aliphatic heterocycles. The summed E-state index contributed by atoms with van der Waals surface area (Å²) in [6.45, 7) is 31.5. The number of rotatable bonds is 22. The molecule has 6 rings (SSSR count). The van der Waals surface area contributed by atoms with Gasteiger partial charge in [0.2, 0.25) is 0 Å². The Morgan fingerprint density at radius 1 is 0.921 bits per heavy atom. The molecule has 3 aromatic rings. The van der Waals surface area contributed by atoms with Gasteiger partial charge >= 0.3 is 0 Å². The number of fused-ring (bicyclic) bond motifs is 1. The normalized spacial score (nSPS) is 16.1. The van der Waals surface area contributed by atoms with E-state index in [1.165, 1.54) is 28.1 Å². The molecule has 1 heterocycles. The smallest absolute Gasteiger partial charge is 0.193 e. The standard InChI is InChI=1S/C62H68N2O3S.C3H8O.2C2H6/c1-9-14-31-50(32-25-26-44-63(56-39-22-19-30-47(56)7)55-38-18-16-17-29-46(55)6)52-36-20-21-37-53(52)62(65)54(35-15-10-2)59(67-8)45-48(12-4)49-33-27-34-51(43-42-49)64-57(28-11-3)60(13-5)68(66)61-41-24-23-40-58(61)64;1-2-3-4;2*1-2/h9-11,13-14,16-26,28-31,36-37,39-43,45,50H,1-2,5,12,15,27,32-35,38,44H2,3-4,6-8H3;4H,2-3H2,1H3;2*1-2H3/b26-25-,28-11-,31-14?,48-45+,59-54-;;;. The van der Waals surface area contributed by atoms with Gasteiger partial charge in [-0.05, 0) is 136 Å². The second kappa shape index (κ2) is 35.5. The van der Waals surface area contributed by atoms with E-state index in [0.29, 0.717) is 54.2 Å². The number of aryl methyl sites for hydroxylation is 1. The Morgan fingerprint density at radius 3 is 2.30 bits per heavy atom. The largest absolute Gasteiger partial charge is 0.496 e. The molecule has 7 heteroatoms. The van der Waals surface area contributed by atoms with Crippen molar-refractivity contribution in [2.45, 2.75) is 131 Å². The van der Waals surface area contributed by atoms with E-state index in [0.717, 1.165) is 71.6 Å². The van der Waals surface area contributed by atoms with Gasteiger partial charge in [0.25, 0.3) is 0 Å². The average Bonchev–Trinajstić information content (AvgIpc) is 3.84. The summed E-state index contributed by atoms with van der Waals surface area (Å²) in [4.78, 5) is 21.3. The van der Waals surface area contributed by atoms with Crippen molar-refractivity contribution in [2.24, 2.45) is 0 Å². The number of para-hydroxylation sites is 2. The van der Waals surface area contributed by atoms with Crippen molar-refractivity contribution in [3.8, 4) is 0 Å². The number of ketones is 1. The molecule has 0 bridgehead atoms. The zero-order valence-corrected chi connectivity index (χ0v) is 48.4. The Balaban J connectivity index is 0.00000179. The molecule has 3 aliphatic rings. The van der Waals surface area contributed by atoms with Gasteiger partial charge in [-0.15, -0.1) is 6.58 Å². The average molecular weight is 1040 g/mol. The maximum atomic E-state index is 15.1. The lowest BCUT2D eigenvalue weighted by Crippen LogP contribution is -2.27. The van der Waals surface area contributed by atoms with E-state index in [2.05, 4.69) is 141 Å². The first kappa shape index (κ1) is 63.5. The molecule has 76 heavy (non-hydrogen) atoms. The van der Waals surface area contributed by atoms with Crippen LogP contribution in [0.5, 0.6) is 0 Å². The number of nitrogens with zero attached hydrogens (tertiary/aromatic N) is 2. The minimum Gasteiger partial charge on any atom is -0.496 e. The predicted octanol–water partition coefficient (Wildman–Crippen LogP) is 18.5. The molecule has 2 aliphatic carbocycles. The third kappa shape index (κ3) is 17.4. The predicted molar refractivity (Wildman–Crippen MR) is 330 cm³/mol. The van der Waals surface area contributed by atoms with Crippen LogP contribution in [0.1, 0.15) is 141 Å². The van der Waals surface area contributed by atoms with Crippen LogP contribution in [0, 0.1) is 6.92 Å². The van der Waals surface area contributed by atoms with E-state index in [1.54, 1.807) is 19.3 Å². The topological polar surface area (TPSA) is 70.1 Å². The van der Waals surface area contributed by atoms with Crippen LogP contribution in [0.4, 0.5) is 11.4 Å². The molecule has 0 spiro atoms. The lowest BCUT2D eigenvalue weighted by molar-refractivity contribution is 0.102. The molecule has 0 radical (unpaired) electrons. The first-order valence-electron chi connectivity index (χ1n) is 27.5. The lowest BCUT2D eigenvalue weighted by atomic mass is 9.86.